The van der Waals surface area contributed by atoms with E-state index in [1.54, 1.807) is 6.07 Å². The third-order valence-electron chi connectivity index (χ3n) is 3.22. The fourth-order valence-corrected chi connectivity index (χ4v) is 2.27. The van der Waals surface area contributed by atoms with E-state index in [-0.39, 0.29) is 5.56 Å². The second kappa shape index (κ2) is 3.45. The molecular weight excluding hydrogens is 190 g/mol. The van der Waals surface area contributed by atoms with Gasteiger partial charge in [-0.25, -0.2) is 5.10 Å². The molecule has 1 atom stereocenters. The summed E-state index contributed by atoms with van der Waals surface area (Å²) in [6.45, 7) is 0. The summed E-state index contributed by atoms with van der Waals surface area (Å²) >= 11 is 0. The highest BCUT2D eigenvalue weighted by Gasteiger charge is 2.27. The third kappa shape index (κ3) is 1.95. The lowest BCUT2D eigenvalue weighted by Crippen LogP contribution is -2.37. The molecular formula is C11H15N3O. The number of H-pyrrole nitrogens is 1. The molecule has 0 spiro atoms. The zero-order valence-corrected chi connectivity index (χ0v) is 8.62. The maximum atomic E-state index is 11.1. The Morgan fingerprint density at radius 3 is 3.00 bits per heavy atom. The van der Waals surface area contributed by atoms with Crippen LogP contribution in [-0.4, -0.2) is 22.3 Å². The van der Waals surface area contributed by atoms with Crippen LogP contribution in [-0.2, 0) is 12.8 Å². The lowest BCUT2D eigenvalue weighted by Gasteiger charge is -2.24. The Hall–Kier alpha value is -1.16. The summed E-state index contributed by atoms with van der Waals surface area (Å²) in [6, 6.07) is 2.99. The van der Waals surface area contributed by atoms with Crippen LogP contribution < -0.4 is 10.9 Å². The average Bonchev–Trinajstić information content (AvgIpc) is 3.01. The molecule has 1 fully saturated rings. The van der Waals surface area contributed by atoms with Crippen molar-refractivity contribution in [3.8, 4) is 0 Å². The van der Waals surface area contributed by atoms with Crippen LogP contribution in [0, 0.1) is 0 Å². The molecule has 0 amide bonds. The topological polar surface area (TPSA) is 57.8 Å². The Morgan fingerprint density at radius 1 is 1.33 bits per heavy atom. The van der Waals surface area contributed by atoms with Gasteiger partial charge in [0.15, 0.2) is 0 Å². The molecule has 15 heavy (non-hydrogen) atoms. The van der Waals surface area contributed by atoms with Gasteiger partial charge in [-0.2, -0.15) is 5.10 Å². The molecule has 0 aromatic carbocycles. The van der Waals surface area contributed by atoms with Gasteiger partial charge in [0.25, 0.3) is 5.56 Å². The van der Waals surface area contributed by atoms with Crippen molar-refractivity contribution in [1.82, 2.24) is 15.5 Å². The molecule has 4 heteroatoms. The highest BCUT2D eigenvalue weighted by Crippen LogP contribution is 2.24. The van der Waals surface area contributed by atoms with E-state index in [1.165, 1.54) is 12.8 Å². The minimum Gasteiger partial charge on any atom is -0.311 e. The van der Waals surface area contributed by atoms with E-state index in [2.05, 4.69) is 15.5 Å². The van der Waals surface area contributed by atoms with Gasteiger partial charge in [-0.1, -0.05) is 0 Å². The van der Waals surface area contributed by atoms with Gasteiger partial charge in [0.2, 0.25) is 0 Å². The number of hydrogen-bond acceptors (Lipinski definition) is 3. The molecule has 3 rings (SSSR count). The number of fused-ring (bicyclic) bond motifs is 1. The highest BCUT2D eigenvalue weighted by molar-refractivity contribution is 5.22. The smallest absolute Gasteiger partial charge is 0.264 e. The van der Waals surface area contributed by atoms with Gasteiger partial charge in [0.1, 0.15) is 0 Å². The summed E-state index contributed by atoms with van der Waals surface area (Å²) in [4.78, 5) is 11.1. The summed E-state index contributed by atoms with van der Waals surface area (Å²) < 4.78 is 0. The zero-order valence-electron chi connectivity index (χ0n) is 8.62. The fourth-order valence-electron chi connectivity index (χ4n) is 2.27. The van der Waals surface area contributed by atoms with E-state index >= 15 is 0 Å². The number of rotatable bonds is 2. The Labute approximate surface area is 88.1 Å². The van der Waals surface area contributed by atoms with Crippen LogP contribution in [0.4, 0.5) is 0 Å². The summed E-state index contributed by atoms with van der Waals surface area (Å²) in [5.41, 5.74) is 2.12. The first-order valence-corrected chi connectivity index (χ1v) is 5.65. The molecule has 1 aromatic heterocycles. The van der Waals surface area contributed by atoms with E-state index in [1.807, 2.05) is 0 Å². The number of aromatic amines is 1. The van der Waals surface area contributed by atoms with Gasteiger partial charge in [0.05, 0.1) is 5.69 Å². The van der Waals surface area contributed by atoms with Crippen LogP contribution in [0.5, 0.6) is 0 Å². The van der Waals surface area contributed by atoms with Crippen molar-refractivity contribution in [3.63, 3.8) is 0 Å². The molecule has 0 bridgehead atoms. The van der Waals surface area contributed by atoms with Gasteiger partial charge < -0.3 is 5.32 Å². The first-order valence-electron chi connectivity index (χ1n) is 5.65. The van der Waals surface area contributed by atoms with Crippen molar-refractivity contribution in [2.75, 3.05) is 0 Å². The molecule has 2 N–H and O–H groups in total. The fraction of sp³-hybridized carbons (Fsp3) is 0.636. The quantitative estimate of drug-likeness (QED) is 0.734. The van der Waals surface area contributed by atoms with Crippen molar-refractivity contribution in [3.05, 3.63) is 27.7 Å². The van der Waals surface area contributed by atoms with Crippen LogP contribution in [0.2, 0.25) is 0 Å². The molecule has 1 heterocycles. The summed E-state index contributed by atoms with van der Waals surface area (Å²) in [6.07, 6.45) is 5.72. The average molecular weight is 205 g/mol. The molecule has 2 aliphatic rings. The second-order valence-corrected chi connectivity index (χ2v) is 4.58. The van der Waals surface area contributed by atoms with E-state index in [0.717, 1.165) is 36.6 Å². The van der Waals surface area contributed by atoms with E-state index < -0.39 is 0 Å². The summed E-state index contributed by atoms with van der Waals surface area (Å²) in [5.74, 6) is 0. The standard InChI is InChI=1S/C11H15N3O/c15-11-6-7-5-9(12-8-1-2-8)3-4-10(7)13-14-11/h6,8-9,12H,1-5H2,(H,14,15). The van der Waals surface area contributed by atoms with E-state index in [0.29, 0.717) is 6.04 Å². The number of nitrogens with one attached hydrogen (secondary N) is 2. The largest absolute Gasteiger partial charge is 0.311 e. The van der Waals surface area contributed by atoms with Gasteiger partial charge in [-0.3, -0.25) is 4.79 Å². The first-order chi connectivity index (χ1) is 7.31. The van der Waals surface area contributed by atoms with Crippen LogP contribution >= 0.6 is 0 Å². The highest BCUT2D eigenvalue weighted by atomic mass is 16.1. The minimum absolute atomic E-state index is 0.0826. The van der Waals surface area contributed by atoms with Crippen molar-refractivity contribution < 1.29 is 0 Å². The molecule has 80 valence electrons. The summed E-state index contributed by atoms with van der Waals surface area (Å²) in [5, 5.41) is 10.2. The Kier molecular flexibility index (Phi) is 2.09. The third-order valence-corrected chi connectivity index (χ3v) is 3.22. The Morgan fingerprint density at radius 2 is 2.20 bits per heavy atom. The maximum absolute atomic E-state index is 11.1. The van der Waals surface area contributed by atoms with Gasteiger partial charge >= 0.3 is 0 Å². The lowest BCUT2D eigenvalue weighted by atomic mass is 9.92. The number of aromatic nitrogens is 2. The molecule has 2 aliphatic carbocycles. The first kappa shape index (κ1) is 9.09. The van der Waals surface area contributed by atoms with E-state index in [9.17, 15) is 4.79 Å². The molecule has 0 radical (unpaired) electrons. The van der Waals surface area contributed by atoms with Gasteiger partial charge in [-0.15, -0.1) is 0 Å². The van der Waals surface area contributed by atoms with Crippen molar-refractivity contribution in [2.24, 2.45) is 0 Å². The predicted octanol–water partition coefficient (Wildman–Crippen LogP) is 0.379. The van der Waals surface area contributed by atoms with Crippen LogP contribution in [0.1, 0.15) is 30.5 Å². The molecule has 0 aliphatic heterocycles. The molecule has 1 aromatic rings. The number of nitrogens with zero attached hydrogens (tertiary/aromatic N) is 1. The lowest BCUT2D eigenvalue weighted by molar-refractivity contribution is 0.449. The molecule has 0 saturated heterocycles. The Balaban J connectivity index is 1.78. The Bertz CT molecular complexity index is 422. The normalized spacial score (nSPS) is 24.9. The SMILES string of the molecule is O=c1cc2c(n[nH]1)CCC(NC1CC1)C2. The van der Waals surface area contributed by atoms with E-state index in [4.69, 9.17) is 0 Å². The van der Waals surface area contributed by atoms with Gasteiger partial charge in [0, 0.05) is 18.2 Å². The monoisotopic (exact) mass is 205 g/mol. The number of aryl methyl sites for hydroxylation is 1. The van der Waals surface area contributed by atoms with Crippen molar-refractivity contribution >= 4 is 0 Å². The molecule has 4 nitrogen and oxygen atoms in total. The maximum Gasteiger partial charge on any atom is 0.264 e. The minimum atomic E-state index is -0.0826. The second-order valence-electron chi connectivity index (χ2n) is 4.58. The van der Waals surface area contributed by atoms with Crippen LogP contribution in [0.15, 0.2) is 10.9 Å². The van der Waals surface area contributed by atoms with Gasteiger partial charge in [-0.05, 0) is 37.7 Å². The van der Waals surface area contributed by atoms with Crippen molar-refractivity contribution in [2.45, 2.75) is 44.2 Å². The number of hydrogen-bond donors (Lipinski definition) is 2. The van der Waals surface area contributed by atoms with Crippen molar-refractivity contribution in [1.29, 1.82) is 0 Å². The van der Waals surface area contributed by atoms with Crippen LogP contribution in [0.3, 0.4) is 0 Å². The molecule has 1 saturated carbocycles. The zero-order chi connectivity index (χ0) is 10.3. The predicted molar refractivity (Wildman–Crippen MR) is 56.8 cm³/mol. The summed E-state index contributed by atoms with van der Waals surface area (Å²) in [7, 11) is 0. The molecule has 1 unspecified atom stereocenters. The van der Waals surface area contributed by atoms with Crippen LogP contribution in [0.25, 0.3) is 0 Å².